The van der Waals surface area contributed by atoms with Crippen LogP contribution in [0, 0.1) is 0 Å². The van der Waals surface area contributed by atoms with Crippen LogP contribution >= 0.6 is 11.6 Å². The number of hydrogen-bond donors (Lipinski definition) is 2. The molecule has 1 aliphatic rings. The molecule has 3 N–H and O–H groups in total. The van der Waals surface area contributed by atoms with Gasteiger partial charge < -0.3 is 4.74 Å². The molecule has 1 amide bonds. The van der Waals surface area contributed by atoms with Crippen molar-refractivity contribution in [3.63, 3.8) is 0 Å². The van der Waals surface area contributed by atoms with Crippen molar-refractivity contribution < 1.29 is 9.53 Å². The Morgan fingerprint density at radius 2 is 2.43 bits per heavy atom. The highest BCUT2D eigenvalue weighted by atomic mass is 35.5. The van der Waals surface area contributed by atoms with Gasteiger partial charge in [0.2, 0.25) is 0 Å². The fraction of sp³-hybridized carbons (Fsp3) is 0.222. The molecular weight excluding hydrogens is 204 g/mol. The SMILES string of the molecule is NNC(=O)C1Cc2cc(Cl)ccc2O1. The second kappa shape index (κ2) is 3.48. The number of hydrogen-bond acceptors (Lipinski definition) is 3. The zero-order valence-corrected chi connectivity index (χ0v) is 8.04. The first-order valence-electron chi connectivity index (χ1n) is 4.16. The van der Waals surface area contributed by atoms with E-state index in [0.717, 1.165) is 5.56 Å². The Bertz CT molecular complexity index is 381. The highest BCUT2D eigenvalue weighted by molar-refractivity contribution is 6.30. The van der Waals surface area contributed by atoms with Crippen molar-refractivity contribution in [3.8, 4) is 5.75 Å². The first-order valence-corrected chi connectivity index (χ1v) is 4.54. The lowest BCUT2D eigenvalue weighted by Gasteiger charge is -2.07. The molecule has 0 aliphatic carbocycles. The van der Waals surface area contributed by atoms with Gasteiger partial charge >= 0.3 is 0 Å². The van der Waals surface area contributed by atoms with Gasteiger partial charge in [0.1, 0.15) is 5.75 Å². The van der Waals surface area contributed by atoms with E-state index in [1.165, 1.54) is 0 Å². The molecule has 0 bridgehead atoms. The smallest absolute Gasteiger partial charge is 0.275 e. The fourth-order valence-corrected chi connectivity index (χ4v) is 1.65. The summed E-state index contributed by atoms with van der Waals surface area (Å²) in [6.45, 7) is 0. The summed E-state index contributed by atoms with van der Waals surface area (Å²) < 4.78 is 5.36. The first kappa shape index (κ1) is 9.30. The number of carbonyl (C=O) groups excluding carboxylic acids is 1. The maximum atomic E-state index is 11.2. The topological polar surface area (TPSA) is 64.3 Å². The van der Waals surface area contributed by atoms with Crippen LogP contribution in [-0.2, 0) is 11.2 Å². The number of nitrogens with one attached hydrogen (secondary N) is 1. The molecule has 0 radical (unpaired) electrons. The van der Waals surface area contributed by atoms with E-state index in [4.69, 9.17) is 22.2 Å². The van der Waals surface area contributed by atoms with Gasteiger partial charge in [-0.1, -0.05) is 11.6 Å². The molecule has 0 fully saturated rings. The molecule has 5 heteroatoms. The number of carbonyl (C=O) groups is 1. The number of halogens is 1. The second-order valence-corrected chi connectivity index (χ2v) is 3.51. The van der Waals surface area contributed by atoms with Crippen LogP contribution in [0.5, 0.6) is 5.75 Å². The third-order valence-corrected chi connectivity index (χ3v) is 2.37. The van der Waals surface area contributed by atoms with Crippen LogP contribution in [0.15, 0.2) is 18.2 Å². The summed E-state index contributed by atoms with van der Waals surface area (Å²) in [6.07, 6.45) is -0.0210. The van der Waals surface area contributed by atoms with Crippen molar-refractivity contribution in [1.29, 1.82) is 0 Å². The van der Waals surface area contributed by atoms with E-state index in [1.54, 1.807) is 18.2 Å². The molecule has 4 nitrogen and oxygen atoms in total. The van der Waals surface area contributed by atoms with Gasteiger partial charge in [-0.05, 0) is 23.8 Å². The van der Waals surface area contributed by atoms with Crippen LogP contribution < -0.4 is 16.0 Å². The standard InChI is InChI=1S/C9H9ClN2O2/c10-6-1-2-7-5(3-6)4-8(14-7)9(13)12-11/h1-3,8H,4,11H2,(H,12,13). The zero-order valence-electron chi connectivity index (χ0n) is 7.29. The molecule has 1 atom stereocenters. The summed E-state index contributed by atoms with van der Waals surface area (Å²) in [5, 5.41) is 0.640. The Balaban J connectivity index is 2.22. The van der Waals surface area contributed by atoms with Crippen molar-refractivity contribution in [2.45, 2.75) is 12.5 Å². The average molecular weight is 213 g/mol. The lowest BCUT2D eigenvalue weighted by molar-refractivity contribution is -0.127. The molecule has 1 heterocycles. The maximum Gasteiger partial charge on any atom is 0.275 e. The second-order valence-electron chi connectivity index (χ2n) is 3.07. The summed E-state index contributed by atoms with van der Waals surface area (Å²) in [5.41, 5.74) is 3.00. The number of rotatable bonds is 1. The highest BCUT2D eigenvalue weighted by Crippen LogP contribution is 2.30. The van der Waals surface area contributed by atoms with Crippen molar-refractivity contribution >= 4 is 17.5 Å². The number of amides is 1. The third kappa shape index (κ3) is 1.54. The summed E-state index contributed by atoms with van der Waals surface area (Å²) in [5.74, 6) is 5.39. The summed E-state index contributed by atoms with van der Waals surface area (Å²) >= 11 is 5.80. The van der Waals surface area contributed by atoms with E-state index in [-0.39, 0.29) is 5.91 Å². The monoisotopic (exact) mass is 212 g/mol. The highest BCUT2D eigenvalue weighted by Gasteiger charge is 2.28. The molecule has 2 rings (SSSR count). The molecular formula is C9H9ClN2O2. The van der Waals surface area contributed by atoms with Crippen molar-refractivity contribution in [2.24, 2.45) is 5.84 Å². The maximum absolute atomic E-state index is 11.2. The van der Waals surface area contributed by atoms with Gasteiger partial charge in [-0.25, -0.2) is 5.84 Å². The number of benzene rings is 1. The van der Waals surface area contributed by atoms with Gasteiger partial charge in [0.15, 0.2) is 6.10 Å². The fourth-order valence-electron chi connectivity index (χ4n) is 1.46. The van der Waals surface area contributed by atoms with Crippen LogP contribution in [-0.4, -0.2) is 12.0 Å². The van der Waals surface area contributed by atoms with E-state index in [9.17, 15) is 4.79 Å². The molecule has 14 heavy (non-hydrogen) atoms. The Morgan fingerprint density at radius 1 is 1.64 bits per heavy atom. The average Bonchev–Trinajstić information content (AvgIpc) is 2.59. The van der Waals surface area contributed by atoms with Crippen LogP contribution in [0.4, 0.5) is 0 Å². The van der Waals surface area contributed by atoms with E-state index < -0.39 is 6.10 Å². The van der Waals surface area contributed by atoms with Crippen molar-refractivity contribution in [1.82, 2.24) is 5.43 Å². The predicted molar refractivity (Wildman–Crippen MR) is 51.9 cm³/mol. The molecule has 0 spiro atoms. The Morgan fingerprint density at radius 3 is 3.14 bits per heavy atom. The van der Waals surface area contributed by atoms with Crippen LogP contribution in [0.1, 0.15) is 5.56 Å². The molecule has 0 saturated heterocycles. The Labute approximate surface area is 86.0 Å². The molecule has 0 aromatic heterocycles. The predicted octanol–water partition coefficient (Wildman–Crippen LogP) is 0.633. The molecule has 74 valence electrons. The van der Waals surface area contributed by atoms with Crippen LogP contribution in [0.25, 0.3) is 0 Å². The first-order chi connectivity index (χ1) is 6.70. The minimum Gasteiger partial charge on any atom is -0.480 e. The lowest BCUT2D eigenvalue weighted by atomic mass is 10.1. The number of hydrazine groups is 1. The van der Waals surface area contributed by atoms with E-state index in [0.29, 0.717) is 17.2 Å². The minimum absolute atomic E-state index is 0.322. The van der Waals surface area contributed by atoms with Crippen molar-refractivity contribution in [2.75, 3.05) is 0 Å². The Kier molecular flexibility index (Phi) is 2.31. The molecule has 0 saturated carbocycles. The number of nitrogens with two attached hydrogens (primary N) is 1. The summed E-state index contributed by atoms with van der Waals surface area (Å²) in [7, 11) is 0. The third-order valence-electron chi connectivity index (χ3n) is 2.13. The van der Waals surface area contributed by atoms with Gasteiger partial charge in [-0.3, -0.25) is 10.2 Å². The van der Waals surface area contributed by atoms with E-state index in [1.807, 2.05) is 0 Å². The lowest BCUT2D eigenvalue weighted by Crippen LogP contribution is -2.41. The summed E-state index contributed by atoms with van der Waals surface area (Å²) in [4.78, 5) is 11.2. The van der Waals surface area contributed by atoms with E-state index in [2.05, 4.69) is 5.43 Å². The minimum atomic E-state index is -0.534. The van der Waals surface area contributed by atoms with Crippen LogP contribution in [0.2, 0.25) is 5.02 Å². The van der Waals surface area contributed by atoms with Gasteiger partial charge in [-0.15, -0.1) is 0 Å². The summed E-state index contributed by atoms with van der Waals surface area (Å²) in [6, 6.07) is 5.27. The number of ether oxygens (including phenoxy) is 1. The Hall–Kier alpha value is -1.26. The molecule has 1 aliphatic heterocycles. The van der Waals surface area contributed by atoms with Gasteiger partial charge in [0, 0.05) is 11.4 Å². The van der Waals surface area contributed by atoms with Gasteiger partial charge in [-0.2, -0.15) is 0 Å². The van der Waals surface area contributed by atoms with Gasteiger partial charge in [0.05, 0.1) is 0 Å². The van der Waals surface area contributed by atoms with E-state index >= 15 is 0 Å². The normalized spacial score (nSPS) is 18.6. The van der Waals surface area contributed by atoms with Crippen molar-refractivity contribution in [3.05, 3.63) is 28.8 Å². The zero-order chi connectivity index (χ0) is 10.1. The molecule has 1 aromatic rings. The molecule has 1 aromatic carbocycles. The quantitative estimate of drug-likeness (QED) is 0.408. The number of fused-ring (bicyclic) bond motifs is 1. The largest absolute Gasteiger partial charge is 0.480 e. The molecule has 1 unspecified atom stereocenters. The van der Waals surface area contributed by atoms with Gasteiger partial charge in [0.25, 0.3) is 5.91 Å². The van der Waals surface area contributed by atoms with Crippen LogP contribution in [0.3, 0.4) is 0 Å².